The van der Waals surface area contributed by atoms with Crippen molar-refractivity contribution in [1.29, 1.82) is 0 Å². The van der Waals surface area contributed by atoms with Crippen LogP contribution in [0.4, 0.5) is 0 Å². The molecule has 0 amide bonds. The minimum absolute atomic E-state index is 0.264. The first-order valence-corrected chi connectivity index (χ1v) is 5.90. The summed E-state index contributed by atoms with van der Waals surface area (Å²) in [6.45, 7) is 5.56. The molecular formula is C12H21N3O. The first-order chi connectivity index (χ1) is 7.77. The number of nitrogens with one attached hydrogen (secondary N) is 1. The summed E-state index contributed by atoms with van der Waals surface area (Å²) in [5.74, 6) is 0.388. The van der Waals surface area contributed by atoms with Gasteiger partial charge in [0.2, 0.25) is 0 Å². The summed E-state index contributed by atoms with van der Waals surface area (Å²) in [5.41, 5.74) is 1.04. The highest BCUT2D eigenvalue weighted by atomic mass is 16.3. The Morgan fingerprint density at radius 2 is 1.88 bits per heavy atom. The van der Waals surface area contributed by atoms with Crippen LogP contribution in [0.2, 0.25) is 0 Å². The van der Waals surface area contributed by atoms with Gasteiger partial charge in [-0.25, -0.2) is 9.97 Å². The summed E-state index contributed by atoms with van der Waals surface area (Å²) in [7, 11) is 0. The second-order valence-electron chi connectivity index (χ2n) is 4.02. The number of nitrogens with zero attached hydrogens (tertiary/aromatic N) is 2. The van der Waals surface area contributed by atoms with Crippen LogP contribution < -0.4 is 5.32 Å². The van der Waals surface area contributed by atoms with Gasteiger partial charge >= 0.3 is 0 Å². The zero-order chi connectivity index (χ0) is 11.8. The molecular weight excluding hydrogens is 202 g/mol. The van der Waals surface area contributed by atoms with Crippen molar-refractivity contribution < 1.29 is 5.11 Å². The Kier molecular flexibility index (Phi) is 5.96. The van der Waals surface area contributed by atoms with E-state index in [4.69, 9.17) is 0 Å². The number of aliphatic hydroxyl groups is 1. The first kappa shape index (κ1) is 13.1. The van der Waals surface area contributed by atoms with E-state index in [2.05, 4.69) is 29.1 Å². The van der Waals surface area contributed by atoms with Crippen molar-refractivity contribution in [3.63, 3.8) is 0 Å². The Hall–Kier alpha value is -1.00. The lowest BCUT2D eigenvalue weighted by Crippen LogP contribution is -2.32. The van der Waals surface area contributed by atoms with Crippen molar-refractivity contribution in [3.05, 3.63) is 24.3 Å². The minimum Gasteiger partial charge on any atom is -0.392 e. The Bertz CT molecular complexity index is 275. The van der Waals surface area contributed by atoms with Gasteiger partial charge in [-0.1, -0.05) is 26.7 Å². The largest absolute Gasteiger partial charge is 0.392 e. The minimum atomic E-state index is -0.264. The number of hydrogen-bond donors (Lipinski definition) is 2. The van der Waals surface area contributed by atoms with Crippen LogP contribution in [0.3, 0.4) is 0 Å². The van der Waals surface area contributed by atoms with Crippen LogP contribution in [0.25, 0.3) is 0 Å². The molecule has 0 aliphatic carbocycles. The summed E-state index contributed by atoms with van der Waals surface area (Å²) in [6.07, 6.45) is 6.86. The van der Waals surface area contributed by atoms with Crippen LogP contribution >= 0.6 is 0 Å². The van der Waals surface area contributed by atoms with Gasteiger partial charge in [-0.15, -0.1) is 0 Å². The number of rotatable bonds is 7. The van der Waals surface area contributed by atoms with Gasteiger partial charge in [-0.05, 0) is 5.92 Å². The topological polar surface area (TPSA) is 58.0 Å². The van der Waals surface area contributed by atoms with Crippen molar-refractivity contribution >= 4 is 0 Å². The molecule has 1 aromatic rings. The van der Waals surface area contributed by atoms with E-state index in [1.54, 1.807) is 12.4 Å². The van der Waals surface area contributed by atoms with E-state index >= 15 is 0 Å². The predicted molar refractivity (Wildman–Crippen MR) is 63.8 cm³/mol. The third-order valence-electron chi connectivity index (χ3n) is 2.89. The summed E-state index contributed by atoms with van der Waals surface area (Å²) in [4.78, 5) is 7.87. The molecule has 0 saturated carbocycles. The van der Waals surface area contributed by atoms with E-state index in [1.165, 1.54) is 6.33 Å². The van der Waals surface area contributed by atoms with Crippen LogP contribution in [-0.4, -0.2) is 27.7 Å². The molecule has 0 aliphatic rings. The van der Waals surface area contributed by atoms with Crippen molar-refractivity contribution in [2.75, 3.05) is 6.54 Å². The quantitative estimate of drug-likeness (QED) is 0.733. The van der Waals surface area contributed by atoms with Crippen LogP contribution in [0.1, 0.15) is 32.3 Å². The second-order valence-corrected chi connectivity index (χ2v) is 4.02. The third kappa shape index (κ3) is 4.24. The average molecular weight is 223 g/mol. The molecule has 1 rings (SSSR count). The van der Waals surface area contributed by atoms with Crippen molar-refractivity contribution in [1.82, 2.24) is 15.3 Å². The van der Waals surface area contributed by atoms with Crippen molar-refractivity contribution in [2.45, 2.75) is 39.3 Å². The summed E-state index contributed by atoms with van der Waals surface area (Å²) < 4.78 is 0. The maximum Gasteiger partial charge on any atom is 0.115 e. The Balaban J connectivity index is 2.25. The molecule has 1 atom stereocenters. The van der Waals surface area contributed by atoms with Crippen LogP contribution in [-0.2, 0) is 6.54 Å². The summed E-state index contributed by atoms with van der Waals surface area (Å²) >= 11 is 0. The zero-order valence-corrected chi connectivity index (χ0v) is 10.1. The molecule has 2 N–H and O–H groups in total. The van der Waals surface area contributed by atoms with Gasteiger partial charge in [0.25, 0.3) is 0 Å². The maximum atomic E-state index is 9.89. The lowest BCUT2D eigenvalue weighted by atomic mass is 9.96. The molecule has 1 heterocycles. The fourth-order valence-corrected chi connectivity index (χ4v) is 1.79. The Labute approximate surface area is 97.1 Å². The van der Waals surface area contributed by atoms with E-state index in [1.807, 2.05) is 0 Å². The molecule has 90 valence electrons. The highest BCUT2D eigenvalue weighted by Gasteiger charge is 2.14. The third-order valence-corrected chi connectivity index (χ3v) is 2.89. The monoisotopic (exact) mass is 223 g/mol. The van der Waals surface area contributed by atoms with Gasteiger partial charge < -0.3 is 10.4 Å². The molecule has 0 aromatic carbocycles. The highest BCUT2D eigenvalue weighted by molar-refractivity contribution is 5.01. The number of aliphatic hydroxyl groups excluding tert-OH is 1. The summed E-state index contributed by atoms with van der Waals surface area (Å²) in [5, 5.41) is 13.1. The normalized spacial score (nSPS) is 13.0. The summed E-state index contributed by atoms with van der Waals surface area (Å²) in [6, 6.07) is 0. The molecule has 0 fully saturated rings. The molecule has 4 heteroatoms. The van der Waals surface area contributed by atoms with E-state index < -0.39 is 0 Å². The molecule has 0 radical (unpaired) electrons. The van der Waals surface area contributed by atoms with Crippen LogP contribution in [0.15, 0.2) is 18.7 Å². The SMILES string of the molecule is CCC(CC)C(O)CNCc1cncnc1. The molecule has 0 saturated heterocycles. The van der Waals surface area contributed by atoms with E-state index in [9.17, 15) is 5.11 Å². The van der Waals surface area contributed by atoms with Gasteiger partial charge in [0.15, 0.2) is 0 Å². The van der Waals surface area contributed by atoms with Gasteiger partial charge in [-0.3, -0.25) is 0 Å². The van der Waals surface area contributed by atoms with Gasteiger partial charge in [-0.2, -0.15) is 0 Å². The average Bonchev–Trinajstić information content (AvgIpc) is 2.32. The zero-order valence-electron chi connectivity index (χ0n) is 10.1. The molecule has 0 bridgehead atoms. The lowest BCUT2D eigenvalue weighted by molar-refractivity contribution is 0.101. The molecule has 0 aliphatic heterocycles. The highest BCUT2D eigenvalue weighted by Crippen LogP contribution is 2.12. The first-order valence-electron chi connectivity index (χ1n) is 5.90. The molecule has 1 aromatic heterocycles. The van der Waals surface area contributed by atoms with Crippen molar-refractivity contribution in [3.8, 4) is 0 Å². The number of aromatic nitrogens is 2. The molecule has 4 nitrogen and oxygen atoms in total. The maximum absolute atomic E-state index is 9.89. The van der Waals surface area contributed by atoms with Crippen molar-refractivity contribution in [2.24, 2.45) is 5.92 Å². The second kappa shape index (κ2) is 7.30. The van der Waals surface area contributed by atoms with Crippen LogP contribution in [0.5, 0.6) is 0 Å². The van der Waals surface area contributed by atoms with Gasteiger partial charge in [0, 0.05) is 31.0 Å². The van der Waals surface area contributed by atoms with E-state index in [-0.39, 0.29) is 6.10 Å². The standard InChI is InChI=1S/C12H21N3O/c1-3-11(4-2)12(16)8-13-5-10-6-14-9-15-7-10/h6-7,9,11-13,16H,3-5,8H2,1-2H3. The smallest absolute Gasteiger partial charge is 0.115 e. The fourth-order valence-electron chi connectivity index (χ4n) is 1.79. The van der Waals surface area contributed by atoms with E-state index in [0.717, 1.165) is 18.4 Å². The van der Waals surface area contributed by atoms with Gasteiger partial charge in [0.1, 0.15) is 6.33 Å². The molecule has 16 heavy (non-hydrogen) atoms. The lowest BCUT2D eigenvalue weighted by Gasteiger charge is -2.20. The van der Waals surface area contributed by atoms with E-state index in [0.29, 0.717) is 19.0 Å². The fraction of sp³-hybridized carbons (Fsp3) is 0.667. The Morgan fingerprint density at radius 1 is 1.25 bits per heavy atom. The molecule has 0 spiro atoms. The van der Waals surface area contributed by atoms with Crippen LogP contribution in [0, 0.1) is 5.92 Å². The van der Waals surface area contributed by atoms with Gasteiger partial charge in [0.05, 0.1) is 6.10 Å². The molecule has 1 unspecified atom stereocenters. The number of hydrogen-bond acceptors (Lipinski definition) is 4. The predicted octanol–water partition coefficient (Wildman–Crippen LogP) is 1.36. The Morgan fingerprint density at radius 3 is 2.44 bits per heavy atom.